The molecule has 1 aliphatic heterocycles. The van der Waals surface area contributed by atoms with Crippen molar-refractivity contribution < 1.29 is 19.1 Å². The number of thioether (sulfide) groups is 1. The molecule has 1 N–H and O–H groups in total. The number of aliphatic imine (C=N–C) groups is 1. The molecule has 1 saturated heterocycles. The second-order valence-electron chi connectivity index (χ2n) is 6.95. The summed E-state index contributed by atoms with van der Waals surface area (Å²) in [5, 5.41) is 2.83. The van der Waals surface area contributed by atoms with Gasteiger partial charge in [0, 0.05) is 20.0 Å². The van der Waals surface area contributed by atoms with E-state index in [1.165, 1.54) is 16.7 Å². The number of esters is 1. The van der Waals surface area contributed by atoms with E-state index in [1.54, 1.807) is 38.2 Å². The number of nitrogens with one attached hydrogen (secondary N) is 1. The molecule has 0 saturated carbocycles. The van der Waals surface area contributed by atoms with Gasteiger partial charge in [-0.3, -0.25) is 14.5 Å². The number of amides is 2. The number of rotatable bonds is 7. The fourth-order valence-electron chi connectivity index (χ4n) is 2.98. The second-order valence-corrected chi connectivity index (χ2v) is 8.12. The van der Waals surface area contributed by atoms with E-state index in [-0.39, 0.29) is 18.2 Å². The third-order valence-corrected chi connectivity index (χ3v) is 5.96. The van der Waals surface area contributed by atoms with E-state index in [0.29, 0.717) is 29.6 Å². The quantitative estimate of drug-likeness (QED) is 0.670. The maximum atomic E-state index is 12.6. The smallest absolute Gasteiger partial charge is 0.338 e. The summed E-state index contributed by atoms with van der Waals surface area (Å²) in [6, 6.07) is 16.5. The Kier molecular flexibility index (Phi) is 7.83. The van der Waals surface area contributed by atoms with Crippen LogP contribution < -0.4 is 5.32 Å². The molecule has 31 heavy (non-hydrogen) atoms. The molecule has 1 atom stereocenters. The van der Waals surface area contributed by atoms with E-state index in [9.17, 15) is 14.4 Å². The summed E-state index contributed by atoms with van der Waals surface area (Å²) in [4.78, 5) is 42.8. The number of hydrogen-bond donors (Lipinski definition) is 1. The first-order valence-corrected chi connectivity index (χ1v) is 11.0. The summed E-state index contributed by atoms with van der Waals surface area (Å²) < 4.78 is 4.97. The molecule has 0 radical (unpaired) electrons. The molecule has 0 bridgehead atoms. The Balaban J connectivity index is 1.63. The number of ether oxygens (including phenoxy) is 1. The van der Waals surface area contributed by atoms with Gasteiger partial charge in [-0.15, -0.1) is 0 Å². The van der Waals surface area contributed by atoms with Crippen molar-refractivity contribution in [3.8, 4) is 0 Å². The highest BCUT2D eigenvalue weighted by Crippen LogP contribution is 2.28. The predicted octanol–water partition coefficient (Wildman–Crippen LogP) is 3.17. The molecule has 2 aromatic rings. The fraction of sp³-hybridized carbons (Fsp3) is 0.304. The topological polar surface area (TPSA) is 88.1 Å². The Hall–Kier alpha value is -3.13. The predicted molar refractivity (Wildman–Crippen MR) is 121 cm³/mol. The van der Waals surface area contributed by atoms with Crippen molar-refractivity contribution in [1.29, 1.82) is 0 Å². The molecule has 0 spiro atoms. The lowest BCUT2D eigenvalue weighted by Crippen LogP contribution is -2.45. The van der Waals surface area contributed by atoms with Crippen LogP contribution in [0.1, 0.15) is 29.3 Å². The molecule has 0 aliphatic carbocycles. The van der Waals surface area contributed by atoms with Gasteiger partial charge in [0.2, 0.25) is 11.8 Å². The third kappa shape index (κ3) is 6.18. The zero-order valence-corrected chi connectivity index (χ0v) is 18.4. The normalized spacial score (nSPS) is 17.5. The Bertz CT molecular complexity index is 961. The minimum Gasteiger partial charge on any atom is -0.462 e. The SMILES string of the molecule is CCOC(=O)c1ccc(N=C2S[C@H](C(=O)NCCc3ccccc3)CC(=O)N2C)cc1. The molecule has 1 heterocycles. The van der Waals surface area contributed by atoms with E-state index in [4.69, 9.17) is 4.74 Å². The number of nitrogens with zero attached hydrogens (tertiary/aromatic N) is 2. The minimum atomic E-state index is -0.531. The molecule has 2 amide bonds. The van der Waals surface area contributed by atoms with Crippen LogP contribution in [0.25, 0.3) is 0 Å². The van der Waals surface area contributed by atoms with Crippen molar-refractivity contribution in [2.24, 2.45) is 4.99 Å². The average molecular weight is 440 g/mol. The first kappa shape index (κ1) is 22.6. The van der Waals surface area contributed by atoms with E-state index >= 15 is 0 Å². The number of amidine groups is 1. The summed E-state index contributed by atoms with van der Waals surface area (Å²) in [6.45, 7) is 2.56. The number of hydrogen-bond acceptors (Lipinski definition) is 6. The van der Waals surface area contributed by atoms with Crippen molar-refractivity contribution in [3.05, 3.63) is 65.7 Å². The van der Waals surface area contributed by atoms with Gasteiger partial charge >= 0.3 is 5.97 Å². The molecule has 8 heteroatoms. The highest BCUT2D eigenvalue weighted by Gasteiger charge is 2.33. The van der Waals surface area contributed by atoms with Gasteiger partial charge < -0.3 is 10.1 Å². The highest BCUT2D eigenvalue weighted by molar-refractivity contribution is 8.15. The summed E-state index contributed by atoms with van der Waals surface area (Å²) in [5.41, 5.74) is 2.16. The Labute approximate surface area is 185 Å². The Morgan fingerprint density at radius 3 is 2.55 bits per heavy atom. The maximum absolute atomic E-state index is 12.6. The highest BCUT2D eigenvalue weighted by atomic mass is 32.2. The van der Waals surface area contributed by atoms with Crippen molar-refractivity contribution in [2.45, 2.75) is 25.0 Å². The van der Waals surface area contributed by atoms with Crippen molar-refractivity contribution in [2.75, 3.05) is 20.2 Å². The molecular formula is C23H25N3O4S. The molecule has 1 aliphatic rings. The van der Waals surface area contributed by atoms with Crippen LogP contribution in [0.3, 0.4) is 0 Å². The van der Waals surface area contributed by atoms with Gasteiger partial charge in [0.15, 0.2) is 5.17 Å². The lowest BCUT2D eigenvalue weighted by Gasteiger charge is -2.28. The molecule has 2 aromatic carbocycles. The van der Waals surface area contributed by atoms with Crippen LogP contribution in [0.5, 0.6) is 0 Å². The van der Waals surface area contributed by atoms with Crippen molar-refractivity contribution >= 4 is 40.4 Å². The number of carbonyl (C=O) groups is 3. The fourth-order valence-corrected chi connectivity index (χ4v) is 4.07. The second kappa shape index (κ2) is 10.8. The van der Waals surface area contributed by atoms with E-state index in [2.05, 4.69) is 10.3 Å². The van der Waals surface area contributed by atoms with Crippen LogP contribution in [0, 0.1) is 0 Å². The van der Waals surface area contributed by atoms with E-state index < -0.39 is 11.2 Å². The molecule has 162 valence electrons. The van der Waals surface area contributed by atoms with Crippen LogP contribution in [-0.2, 0) is 20.7 Å². The van der Waals surface area contributed by atoms with Crippen LogP contribution >= 0.6 is 11.8 Å². The van der Waals surface area contributed by atoms with Crippen LogP contribution in [-0.4, -0.2) is 53.3 Å². The van der Waals surface area contributed by atoms with Gasteiger partial charge in [0.25, 0.3) is 0 Å². The average Bonchev–Trinajstić information content (AvgIpc) is 2.78. The summed E-state index contributed by atoms with van der Waals surface area (Å²) in [6.07, 6.45) is 0.852. The van der Waals surface area contributed by atoms with Gasteiger partial charge in [-0.25, -0.2) is 9.79 Å². The van der Waals surface area contributed by atoms with Crippen LogP contribution in [0.15, 0.2) is 59.6 Å². The lowest BCUT2D eigenvalue weighted by molar-refractivity contribution is -0.129. The van der Waals surface area contributed by atoms with E-state index in [1.807, 2.05) is 30.3 Å². The van der Waals surface area contributed by atoms with Gasteiger partial charge in [-0.2, -0.15) is 0 Å². The standard InChI is InChI=1S/C23H25N3O4S/c1-3-30-22(29)17-9-11-18(12-10-17)25-23-26(2)20(27)15-19(31-23)21(28)24-14-13-16-7-5-4-6-8-16/h4-12,19H,3,13-15H2,1-2H3,(H,24,28)/t19-/m0/s1. The van der Waals surface area contributed by atoms with Crippen LogP contribution in [0.4, 0.5) is 5.69 Å². The Morgan fingerprint density at radius 1 is 1.16 bits per heavy atom. The van der Waals surface area contributed by atoms with Crippen LogP contribution in [0.2, 0.25) is 0 Å². The molecule has 0 aromatic heterocycles. The summed E-state index contributed by atoms with van der Waals surface area (Å²) in [7, 11) is 1.64. The molecule has 3 rings (SSSR count). The third-order valence-electron chi connectivity index (χ3n) is 4.72. The first-order chi connectivity index (χ1) is 15.0. The van der Waals surface area contributed by atoms with Crippen molar-refractivity contribution in [3.63, 3.8) is 0 Å². The van der Waals surface area contributed by atoms with E-state index in [0.717, 1.165) is 12.0 Å². The molecule has 0 unspecified atom stereocenters. The molecular weight excluding hydrogens is 414 g/mol. The Morgan fingerprint density at radius 2 is 1.87 bits per heavy atom. The summed E-state index contributed by atoms with van der Waals surface area (Å²) >= 11 is 1.26. The first-order valence-electron chi connectivity index (χ1n) is 10.1. The van der Waals surface area contributed by atoms with Gasteiger partial charge in [0.1, 0.15) is 0 Å². The maximum Gasteiger partial charge on any atom is 0.338 e. The zero-order chi connectivity index (χ0) is 22.2. The zero-order valence-electron chi connectivity index (χ0n) is 17.5. The molecule has 7 nitrogen and oxygen atoms in total. The largest absolute Gasteiger partial charge is 0.462 e. The monoisotopic (exact) mass is 439 g/mol. The van der Waals surface area contributed by atoms with Gasteiger partial charge in [0.05, 0.1) is 23.1 Å². The molecule has 1 fully saturated rings. The summed E-state index contributed by atoms with van der Waals surface area (Å²) in [5.74, 6) is -0.732. The minimum absolute atomic E-state index is 0.124. The van der Waals surface area contributed by atoms with Crippen molar-refractivity contribution in [1.82, 2.24) is 10.2 Å². The van der Waals surface area contributed by atoms with Gasteiger partial charge in [-0.05, 0) is 43.2 Å². The van der Waals surface area contributed by atoms with Gasteiger partial charge in [-0.1, -0.05) is 42.1 Å². The lowest BCUT2D eigenvalue weighted by atomic mass is 10.1. The number of carbonyl (C=O) groups excluding carboxylic acids is 3. The number of benzene rings is 2.